The van der Waals surface area contributed by atoms with Crippen LogP contribution in [0, 0.1) is 11.8 Å². The molecule has 1 aliphatic carbocycles. The van der Waals surface area contributed by atoms with Gasteiger partial charge in [0.05, 0.1) is 17.2 Å². The van der Waals surface area contributed by atoms with Crippen LogP contribution in [0.3, 0.4) is 0 Å². The van der Waals surface area contributed by atoms with E-state index >= 15 is 0 Å². The lowest BCUT2D eigenvalue weighted by atomic mass is 10.1. The van der Waals surface area contributed by atoms with Gasteiger partial charge in [0.1, 0.15) is 0 Å². The third-order valence-corrected chi connectivity index (χ3v) is 3.76. The molecule has 0 aromatic heterocycles. The molecule has 0 bridgehead atoms. The van der Waals surface area contributed by atoms with Crippen LogP contribution in [0.5, 0.6) is 0 Å². The minimum absolute atomic E-state index is 0.0131. The fraction of sp³-hybridized carbons (Fsp3) is 0.438. The highest BCUT2D eigenvalue weighted by Crippen LogP contribution is 2.33. The Morgan fingerprint density at radius 2 is 1.95 bits per heavy atom. The van der Waals surface area contributed by atoms with E-state index in [-0.39, 0.29) is 24.3 Å². The summed E-state index contributed by atoms with van der Waals surface area (Å²) in [6.07, 6.45) is 1.79. The molecule has 0 heterocycles. The number of amides is 2. The molecule has 2 amide bonds. The van der Waals surface area contributed by atoms with E-state index < -0.39 is 11.9 Å². The molecule has 1 atom stereocenters. The fourth-order valence-corrected chi connectivity index (χ4v) is 2.11. The van der Waals surface area contributed by atoms with Gasteiger partial charge in [-0.1, -0.05) is 19.1 Å². The summed E-state index contributed by atoms with van der Waals surface area (Å²) in [6.45, 7) is 1.57. The van der Waals surface area contributed by atoms with Crippen molar-refractivity contribution in [3.63, 3.8) is 0 Å². The highest BCUT2D eigenvalue weighted by molar-refractivity contribution is 6.05. The second kappa shape index (κ2) is 6.60. The monoisotopic (exact) mass is 304 g/mol. The molecule has 6 heteroatoms. The highest BCUT2D eigenvalue weighted by atomic mass is 16.4. The Morgan fingerprint density at radius 1 is 1.32 bits per heavy atom. The number of nitrogens with one attached hydrogen (secondary N) is 1. The Morgan fingerprint density at radius 3 is 2.55 bits per heavy atom. The molecule has 22 heavy (non-hydrogen) atoms. The lowest BCUT2D eigenvalue weighted by molar-refractivity contribution is -0.140. The van der Waals surface area contributed by atoms with Crippen LogP contribution in [0.1, 0.15) is 30.1 Å². The molecule has 2 rings (SSSR count). The van der Waals surface area contributed by atoms with Crippen LogP contribution in [-0.4, -0.2) is 36.5 Å². The number of carbonyl (C=O) groups excluding carboxylic acids is 2. The summed E-state index contributed by atoms with van der Waals surface area (Å²) in [4.78, 5) is 36.7. The molecule has 118 valence electrons. The molecule has 0 spiro atoms. The first-order valence-electron chi connectivity index (χ1n) is 7.29. The van der Waals surface area contributed by atoms with Crippen LogP contribution in [0.2, 0.25) is 0 Å². The zero-order valence-corrected chi connectivity index (χ0v) is 12.7. The number of aliphatic carboxylic acids is 1. The molecule has 1 unspecified atom stereocenters. The molecule has 0 radical (unpaired) electrons. The van der Waals surface area contributed by atoms with Crippen molar-refractivity contribution in [2.24, 2.45) is 11.8 Å². The maximum Gasteiger partial charge on any atom is 0.308 e. The van der Waals surface area contributed by atoms with Crippen LogP contribution in [-0.2, 0) is 9.59 Å². The van der Waals surface area contributed by atoms with Crippen molar-refractivity contribution in [2.45, 2.75) is 19.8 Å². The summed E-state index contributed by atoms with van der Waals surface area (Å²) in [5.74, 6) is -1.93. The van der Waals surface area contributed by atoms with Gasteiger partial charge in [-0.2, -0.15) is 0 Å². The SMILES string of the molecule is CC(CNC(=O)c1ccccc1N(C)C(=O)C1CC1)C(=O)O. The maximum absolute atomic E-state index is 12.3. The number of hydrogen-bond donors (Lipinski definition) is 2. The summed E-state index contributed by atoms with van der Waals surface area (Å²) in [6, 6.07) is 6.83. The Labute approximate surface area is 129 Å². The largest absolute Gasteiger partial charge is 0.481 e. The molecule has 0 saturated heterocycles. The number of para-hydroxylation sites is 1. The molecule has 2 N–H and O–H groups in total. The minimum Gasteiger partial charge on any atom is -0.481 e. The summed E-state index contributed by atoms with van der Waals surface area (Å²) in [7, 11) is 1.66. The smallest absolute Gasteiger partial charge is 0.308 e. The van der Waals surface area contributed by atoms with Gasteiger partial charge in [-0.25, -0.2) is 0 Å². The number of carboxylic acid groups (broad SMARTS) is 1. The van der Waals surface area contributed by atoms with Crippen molar-refractivity contribution in [3.8, 4) is 0 Å². The second-order valence-electron chi connectivity index (χ2n) is 5.64. The number of carboxylic acids is 1. The van der Waals surface area contributed by atoms with Crippen LogP contribution in [0.25, 0.3) is 0 Å². The quantitative estimate of drug-likeness (QED) is 0.834. The van der Waals surface area contributed by atoms with Gasteiger partial charge in [0, 0.05) is 19.5 Å². The van der Waals surface area contributed by atoms with Crippen LogP contribution < -0.4 is 10.2 Å². The van der Waals surface area contributed by atoms with Gasteiger partial charge in [-0.3, -0.25) is 14.4 Å². The van der Waals surface area contributed by atoms with E-state index in [4.69, 9.17) is 5.11 Å². The Bertz CT molecular complexity index is 596. The number of carbonyl (C=O) groups is 3. The van der Waals surface area contributed by atoms with Crippen LogP contribution in [0.15, 0.2) is 24.3 Å². The first-order valence-corrected chi connectivity index (χ1v) is 7.29. The Hall–Kier alpha value is -2.37. The predicted molar refractivity (Wildman–Crippen MR) is 81.7 cm³/mol. The van der Waals surface area contributed by atoms with Gasteiger partial charge in [0.2, 0.25) is 5.91 Å². The lowest BCUT2D eigenvalue weighted by Crippen LogP contribution is -2.34. The topological polar surface area (TPSA) is 86.7 Å². The Kier molecular flexibility index (Phi) is 4.80. The molecule has 1 aromatic rings. The second-order valence-corrected chi connectivity index (χ2v) is 5.64. The number of benzene rings is 1. The van der Waals surface area contributed by atoms with E-state index in [1.165, 1.54) is 11.8 Å². The third-order valence-electron chi connectivity index (χ3n) is 3.76. The first kappa shape index (κ1) is 16.0. The van der Waals surface area contributed by atoms with Gasteiger partial charge in [0.15, 0.2) is 0 Å². The lowest BCUT2D eigenvalue weighted by Gasteiger charge is -2.20. The molecule has 1 saturated carbocycles. The number of hydrogen-bond acceptors (Lipinski definition) is 3. The number of nitrogens with zero attached hydrogens (tertiary/aromatic N) is 1. The van der Waals surface area contributed by atoms with Gasteiger partial charge in [-0.15, -0.1) is 0 Å². The van der Waals surface area contributed by atoms with Gasteiger partial charge in [-0.05, 0) is 25.0 Å². The van der Waals surface area contributed by atoms with E-state index in [1.807, 2.05) is 0 Å². The van der Waals surface area contributed by atoms with E-state index in [0.29, 0.717) is 11.3 Å². The highest BCUT2D eigenvalue weighted by Gasteiger charge is 2.33. The third kappa shape index (κ3) is 3.63. The molecule has 1 aromatic carbocycles. The summed E-state index contributed by atoms with van der Waals surface area (Å²) < 4.78 is 0. The average molecular weight is 304 g/mol. The van der Waals surface area contributed by atoms with Crippen molar-refractivity contribution in [2.75, 3.05) is 18.5 Å². The number of anilines is 1. The van der Waals surface area contributed by atoms with E-state index in [0.717, 1.165) is 12.8 Å². The first-order chi connectivity index (χ1) is 10.4. The van der Waals surface area contributed by atoms with E-state index in [9.17, 15) is 14.4 Å². The molecule has 1 aliphatic rings. The van der Waals surface area contributed by atoms with Gasteiger partial charge in [0.25, 0.3) is 5.91 Å². The molecular weight excluding hydrogens is 284 g/mol. The van der Waals surface area contributed by atoms with Crippen molar-refractivity contribution in [3.05, 3.63) is 29.8 Å². The zero-order chi connectivity index (χ0) is 16.3. The maximum atomic E-state index is 12.3. The average Bonchev–Trinajstić information content (AvgIpc) is 3.35. The van der Waals surface area contributed by atoms with Crippen molar-refractivity contribution >= 4 is 23.5 Å². The number of rotatable bonds is 6. The molecular formula is C16H20N2O4. The van der Waals surface area contributed by atoms with E-state index in [2.05, 4.69) is 5.32 Å². The Balaban J connectivity index is 2.11. The standard InChI is InChI=1S/C16H20N2O4/c1-10(16(21)22)9-17-14(19)12-5-3-4-6-13(12)18(2)15(20)11-7-8-11/h3-6,10-11H,7-9H2,1-2H3,(H,17,19)(H,21,22). The molecule has 6 nitrogen and oxygen atoms in total. The van der Waals surface area contributed by atoms with Gasteiger partial charge >= 0.3 is 5.97 Å². The summed E-state index contributed by atoms with van der Waals surface area (Å²) in [5, 5.41) is 11.4. The molecule has 0 aliphatic heterocycles. The summed E-state index contributed by atoms with van der Waals surface area (Å²) in [5.41, 5.74) is 0.913. The molecule has 1 fully saturated rings. The summed E-state index contributed by atoms with van der Waals surface area (Å²) >= 11 is 0. The fourth-order valence-electron chi connectivity index (χ4n) is 2.11. The zero-order valence-electron chi connectivity index (χ0n) is 12.7. The van der Waals surface area contributed by atoms with Crippen LogP contribution >= 0.6 is 0 Å². The van der Waals surface area contributed by atoms with Gasteiger partial charge < -0.3 is 15.3 Å². The van der Waals surface area contributed by atoms with Crippen molar-refractivity contribution in [1.82, 2.24) is 5.32 Å². The van der Waals surface area contributed by atoms with Crippen LogP contribution in [0.4, 0.5) is 5.69 Å². The normalized spacial score (nSPS) is 15.0. The predicted octanol–water partition coefficient (Wildman–Crippen LogP) is 1.51. The minimum atomic E-state index is -0.963. The van der Waals surface area contributed by atoms with Crippen molar-refractivity contribution < 1.29 is 19.5 Å². The van der Waals surface area contributed by atoms with Crippen molar-refractivity contribution in [1.29, 1.82) is 0 Å². The van der Waals surface area contributed by atoms with E-state index in [1.54, 1.807) is 31.3 Å².